The molecule has 3 rings (SSSR count). The molecule has 6 nitrogen and oxygen atoms in total. The summed E-state index contributed by atoms with van der Waals surface area (Å²) >= 11 is 1.93. The van der Waals surface area contributed by atoms with E-state index in [-0.39, 0.29) is 27.8 Å². The molecule has 0 unspecified atom stereocenters. The van der Waals surface area contributed by atoms with Gasteiger partial charge in [-0.3, -0.25) is 9.59 Å². The smallest absolute Gasteiger partial charge is 0.390 e. The van der Waals surface area contributed by atoms with Crippen LogP contribution in [-0.4, -0.2) is 16.8 Å². The fourth-order valence-electron chi connectivity index (χ4n) is 2.87. The van der Waals surface area contributed by atoms with Crippen molar-refractivity contribution in [2.75, 3.05) is 11.1 Å². The van der Waals surface area contributed by atoms with Crippen LogP contribution in [0.1, 0.15) is 26.4 Å². The number of nitrogens with two attached hydrogens (primary N) is 2. The van der Waals surface area contributed by atoms with Crippen molar-refractivity contribution in [2.45, 2.75) is 19.5 Å². The molecule has 2 heterocycles. The third-order valence-corrected chi connectivity index (χ3v) is 5.96. The van der Waals surface area contributed by atoms with Gasteiger partial charge in [0.2, 0.25) is 5.91 Å². The Morgan fingerprint density at radius 3 is 2.52 bits per heavy atom. The lowest BCUT2D eigenvalue weighted by molar-refractivity contribution is -0.142. The predicted octanol–water partition coefficient (Wildman–Crippen LogP) is 4.34. The van der Waals surface area contributed by atoms with E-state index < -0.39 is 40.8 Å². The van der Waals surface area contributed by atoms with Crippen molar-refractivity contribution in [3.05, 3.63) is 50.7 Å². The van der Waals surface area contributed by atoms with Crippen LogP contribution in [0.5, 0.6) is 0 Å². The third kappa shape index (κ3) is 4.51. The van der Waals surface area contributed by atoms with Gasteiger partial charge in [-0.25, -0.2) is 13.8 Å². The normalized spacial score (nSPS) is 11.5. The van der Waals surface area contributed by atoms with E-state index in [9.17, 15) is 31.5 Å². The molecule has 0 saturated heterocycles. The average molecular weight is 476 g/mol. The molecule has 13 heteroatoms. The maximum Gasteiger partial charge on any atom is 0.422 e. The Labute approximate surface area is 179 Å². The molecule has 0 aliphatic carbocycles. The van der Waals surface area contributed by atoms with E-state index in [0.29, 0.717) is 16.5 Å². The maximum atomic E-state index is 14.3. The second kappa shape index (κ2) is 8.23. The molecular weight excluding hydrogens is 463 g/mol. The van der Waals surface area contributed by atoms with E-state index in [0.717, 1.165) is 28.7 Å². The molecule has 5 N–H and O–H groups in total. The first-order valence-electron chi connectivity index (χ1n) is 8.38. The molecule has 2 amide bonds. The fourth-order valence-corrected chi connectivity index (χ4v) is 4.55. The maximum absolute atomic E-state index is 14.3. The minimum absolute atomic E-state index is 0.0289. The lowest BCUT2D eigenvalue weighted by Gasteiger charge is -2.11. The Bertz CT molecular complexity index is 1190. The van der Waals surface area contributed by atoms with Gasteiger partial charge in [-0.05, 0) is 24.6 Å². The molecule has 31 heavy (non-hydrogen) atoms. The van der Waals surface area contributed by atoms with Crippen molar-refractivity contribution >= 4 is 44.6 Å². The van der Waals surface area contributed by atoms with Crippen LogP contribution in [0.25, 0.3) is 11.3 Å². The number of carbonyl (C=O) groups excluding carboxylic acids is 2. The molecule has 0 saturated carbocycles. The van der Waals surface area contributed by atoms with Crippen molar-refractivity contribution in [3.8, 4) is 11.3 Å². The van der Waals surface area contributed by atoms with Crippen LogP contribution in [0.4, 0.5) is 32.1 Å². The molecule has 3 aromatic rings. The molecule has 0 fully saturated rings. The quantitative estimate of drug-likeness (QED) is 0.476. The van der Waals surface area contributed by atoms with Crippen LogP contribution in [-0.2, 0) is 17.4 Å². The van der Waals surface area contributed by atoms with Crippen molar-refractivity contribution in [1.29, 1.82) is 0 Å². The van der Waals surface area contributed by atoms with Gasteiger partial charge in [0.15, 0.2) is 5.13 Å². The molecule has 0 atom stereocenters. The Morgan fingerprint density at radius 2 is 1.90 bits per heavy atom. The molecule has 0 aliphatic heterocycles. The second-order valence-electron chi connectivity index (χ2n) is 6.28. The zero-order valence-electron chi connectivity index (χ0n) is 15.6. The Kier molecular flexibility index (Phi) is 6.00. The minimum atomic E-state index is -5.23. The van der Waals surface area contributed by atoms with Crippen LogP contribution in [0.15, 0.2) is 17.5 Å². The summed E-state index contributed by atoms with van der Waals surface area (Å²) in [6, 6.07) is 1.32. The van der Waals surface area contributed by atoms with E-state index in [1.807, 2.05) is 0 Å². The molecule has 2 aromatic heterocycles. The number of aromatic nitrogens is 1. The van der Waals surface area contributed by atoms with Gasteiger partial charge < -0.3 is 16.8 Å². The van der Waals surface area contributed by atoms with Gasteiger partial charge >= 0.3 is 6.18 Å². The van der Waals surface area contributed by atoms with Crippen molar-refractivity contribution in [1.82, 2.24) is 4.98 Å². The minimum Gasteiger partial charge on any atom is -0.390 e. The van der Waals surface area contributed by atoms with Gasteiger partial charge in [-0.1, -0.05) is 0 Å². The lowest BCUT2D eigenvalue weighted by Crippen LogP contribution is -2.19. The first-order valence-corrected chi connectivity index (χ1v) is 10.1. The number of nitrogen functional groups attached to an aromatic ring is 1. The summed E-state index contributed by atoms with van der Waals surface area (Å²) in [5.41, 5.74) is 8.64. The van der Waals surface area contributed by atoms with Crippen LogP contribution in [0.2, 0.25) is 0 Å². The number of anilines is 2. The number of hydrogen-bond acceptors (Lipinski definition) is 6. The standard InChI is InChI=1S/C18H13F5N4O2S2/c1-6-8(12(15(24)29)16(25)31-6)4-11(28)27-17-26-10(5-30-17)7-2-3-9(19)13(14(7)20)18(21,22)23/h2-3,5H,4,25H2,1H3,(H2,24,29)(H,26,27,28). The van der Waals surface area contributed by atoms with Crippen LogP contribution >= 0.6 is 22.7 Å². The van der Waals surface area contributed by atoms with E-state index >= 15 is 0 Å². The number of nitrogens with one attached hydrogen (secondary N) is 1. The van der Waals surface area contributed by atoms with E-state index in [2.05, 4.69) is 10.3 Å². The average Bonchev–Trinajstić information content (AvgIpc) is 3.18. The van der Waals surface area contributed by atoms with Crippen molar-refractivity contribution in [3.63, 3.8) is 0 Å². The van der Waals surface area contributed by atoms with Gasteiger partial charge in [-0.2, -0.15) is 13.2 Å². The van der Waals surface area contributed by atoms with Gasteiger partial charge in [0.25, 0.3) is 5.91 Å². The number of hydrogen-bond donors (Lipinski definition) is 3. The second-order valence-corrected chi connectivity index (χ2v) is 8.40. The Balaban J connectivity index is 1.84. The van der Waals surface area contributed by atoms with Crippen molar-refractivity contribution < 1.29 is 31.5 Å². The highest BCUT2D eigenvalue weighted by Crippen LogP contribution is 2.38. The van der Waals surface area contributed by atoms with Gasteiger partial charge in [-0.15, -0.1) is 22.7 Å². The topological polar surface area (TPSA) is 111 Å². The first-order chi connectivity index (χ1) is 14.4. The van der Waals surface area contributed by atoms with Crippen LogP contribution in [0.3, 0.4) is 0 Å². The van der Waals surface area contributed by atoms with E-state index in [1.165, 1.54) is 5.38 Å². The Morgan fingerprint density at radius 1 is 1.23 bits per heavy atom. The summed E-state index contributed by atoms with van der Waals surface area (Å²) in [6.45, 7) is 1.66. The number of carbonyl (C=O) groups is 2. The number of benzene rings is 1. The SMILES string of the molecule is Cc1sc(N)c(C(N)=O)c1CC(=O)Nc1nc(-c2ccc(F)c(C(F)(F)F)c2F)cs1. The molecule has 0 bridgehead atoms. The molecule has 1 aromatic carbocycles. The highest BCUT2D eigenvalue weighted by molar-refractivity contribution is 7.16. The number of rotatable bonds is 5. The van der Waals surface area contributed by atoms with Gasteiger partial charge in [0.1, 0.15) is 17.2 Å². The van der Waals surface area contributed by atoms with Crippen LogP contribution < -0.4 is 16.8 Å². The highest BCUT2D eigenvalue weighted by Gasteiger charge is 2.39. The molecule has 0 radical (unpaired) electrons. The molecule has 0 aliphatic rings. The van der Waals surface area contributed by atoms with Crippen LogP contribution in [0, 0.1) is 18.6 Å². The number of thiazole rings is 1. The first kappa shape index (κ1) is 22.6. The molecular formula is C18H13F5N4O2S2. The Hall–Kier alpha value is -3.06. The number of aryl methyl sites for hydroxylation is 1. The number of primary amides is 1. The zero-order valence-corrected chi connectivity index (χ0v) is 17.2. The summed E-state index contributed by atoms with van der Waals surface area (Å²) in [7, 11) is 0. The van der Waals surface area contributed by atoms with Crippen molar-refractivity contribution in [2.24, 2.45) is 5.73 Å². The number of nitrogens with zero attached hydrogens (tertiary/aromatic N) is 1. The highest BCUT2D eigenvalue weighted by atomic mass is 32.1. The number of alkyl halides is 3. The largest absolute Gasteiger partial charge is 0.422 e. The van der Waals surface area contributed by atoms with E-state index in [1.54, 1.807) is 6.92 Å². The molecule has 0 spiro atoms. The van der Waals surface area contributed by atoms with E-state index in [4.69, 9.17) is 11.5 Å². The third-order valence-electron chi connectivity index (χ3n) is 4.22. The fraction of sp³-hybridized carbons (Fsp3) is 0.167. The number of amides is 2. The summed E-state index contributed by atoms with van der Waals surface area (Å²) in [4.78, 5) is 28.5. The zero-order chi connectivity index (χ0) is 23.1. The number of halogens is 5. The molecule has 164 valence electrons. The monoisotopic (exact) mass is 476 g/mol. The predicted molar refractivity (Wildman–Crippen MR) is 107 cm³/mol. The summed E-state index contributed by atoms with van der Waals surface area (Å²) in [5, 5.41) is 3.79. The number of thiophene rings is 1. The summed E-state index contributed by atoms with van der Waals surface area (Å²) < 4.78 is 66.5. The summed E-state index contributed by atoms with van der Waals surface area (Å²) in [5.74, 6) is -4.92. The lowest BCUT2D eigenvalue weighted by atomic mass is 10.1. The van der Waals surface area contributed by atoms with Gasteiger partial charge in [0, 0.05) is 15.8 Å². The van der Waals surface area contributed by atoms with Gasteiger partial charge in [0.05, 0.1) is 22.7 Å². The summed E-state index contributed by atoms with van der Waals surface area (Å²) in [6.07, 6.45) is -5.48.